The van der Waals surface area contributed by atoms with Crippen molar-refractivity contribution >= 4 is 31.4 Å². The Morgan fingerprint density at radius 1 is 1.38 bits per heavy atom. The summed E-state index contributed by atoms with van der Waals surface area (Å²) in [7, 11) is -2.48. The summed E-state index contributed by atoms with van der Waals surface area (Å²) in [5, 5.41) is 11.0. The highest BCUT2D eigenvalue weighted by Gasteiger charge is 2.48. The van der Waals surface area contributed by atoms with Gasteiger partial charge in [-0.15, -0.1) is 5.10 Å². The summed E-state index contributed by atoms with van der Waals surface area (Å²) in [6.45, 7) is 7.10. The Kier molecular flexibility index (Phi) is 4.14. The van der Waals surface area contributed by atoms with Gasteiger partial charge in [0.15, 0.2) is 6.23 Å². The molecule has 1 N–H and O–H groups in total. The number of amides is 1. The van der Waals surface area contributed by atoms with Crippen molar-refractivity contribution in [1.29, 1.82) is 0 Å². The zero-order chi connectivity index (χ0) is 17.5. The Hall–Kier alpha value is -2.26. The van der Waals surface area contributed by atoms with Crippen molar-refractivity contribution in [2.75, 3.05) is 0 Å². The van der Waals surface area contributed by atoms with E-state index in [-0.39, 0.29) is 5.91 Å². The summed E-state index contributed by atoms with van der Waals surface area (Å²) in [6.07, 6.45) is -1.05. The number of carbonyl (C=O) groups is 2. The van der Waals surface area contributed by atoms with Crippen molar-refractivity contribution in [3.8, 4) is 0 Å². The van der Waals surface area contributed by atoms with E-state index in [9.17, 15) is 9.59 Å². The van der Waals surface area contributed by atoms with Gasteiger partial charge >= 0.3 is 14.4 Å². The van der Waals surface area contributed by atoms with E-state index in [1.165, 1.54) is 6.92 Å². The van der Waals surface area contributed by atoms with Crippen molar-refractivity contribution in [3.63, 3.8) is 0 Å². The number of para-hydroxylation sites is 1. The molecular formula is C15H20N4O4Si. The number of benzene rings is 1. The number of carbonyl (C=O) groups excluding carboxylic acids is 2. The SMILES string of the molecule is CC(=O)O[C@H]1NC(=O)[C@@H]1[C@@H](C)O[Si](C)(C)n1nnc2ccccc21. The third kappa shape index (κ3) is 2.92. The minimum Gasteiger partial charge on any atom is -0.441 e. The molecule has 128 valence electrons. The monoisotopic (exact) mass is 348 g/mol. The maximum Gasteiger partial charge on any atom is 0.319 e. The average Bonchev–Trinajstić information content (AvgIpc) is 2.89. The highest BCUT2D eigenvalue weighted by molar-refractivity contribution is 6.70. The van der Waals surface area contributed by atoms with Crippen LogP contribution in [0.5, 0.6) is 0 Å². The predicted octanol–water partition coefficient (Wildman–Crippen LogP) is 1.02. The van der Waals surface area contributed by atoms with Gasteiger partial charge in [0.1, 0.15) is 11.4 Å². The van der Waals surface area contributed by atoms with Crippen LogP contribution in [0.2, 0.25) is 13.1 Å². The van der Waals surface area contributed by atoms with Gasteiger partial charge in [-0.2, -0.15) is 0 Å². The number of aromatic nitrogens is 3. The third-order valence-corrected chi connectivity index (χ3v) is 6.35. The van der Waals surface area contributed by atoms with Crippen molar-refractivity contribution in [1.82, 2.24) is 20.0 Å². The van der Waals surface area contributed by atoms with Crippen LogP contribution in [0.1, 0.15) is 13.8 Å². The number of rotatable bonds is 5. The maximum atomic E-state index is 11.8. The molecule has 2 heterocycles. The lowest BCUT2D eigenvalue weighted by atomic mass is 9.93. The molecule has 0 spiro atoms. The number of hydrogen-bond donors (Lipinski definition) is 1. The van der Waals surface area contributed by atoms with Crippen LogP contribution in [-0.2, 0) is 18.8 Å². The molecule has 1 aromatic heterocycles. The first kappa shape index (κ1) is 16.6. The largest absolute Gasteiger partial charge is 0.441 e. The molecule has 1 fully saturated rings. The summed E-state index contributed by atoms with van der Waals surface area (Å²) in [5.41, 5.74) is 1.70. The Morgan fingerprint density at radius 3 is 2.75 bits per heavy atom. The molecule has 9 heteroatoms. The molecular weight excluding hydrogens is 328 g/mol. The zero-order valence-corrected chi connectivity index (χ0v) is 15.0. The van der Waals surface area contributed by atoms with Crippen LogP contribution in [-0.4, -0.2) is 47.3 Å². The molecule has 3 rings (SSSR count). The number of esters is 1. The Bertz CT molecular complexity index is 791. The van der Waals surface area contributed by atoms with E-state index in [1.54, 1.807) is 0 Å². The molecule has 1 amide bonds. The van der Waals surface area contributed by atoms with Gasteiger partial charge < -0.3 is 14.5 Å². The van der Waals surface area contributed by atoms with Crippen LogP contribution >= 0.6 is 0 Å². The van der Waals surface area contributed by atoms with Gasteiger partial charge in [-0.3, -0.25) is 9.59 Å². The lowest BCUT2D eigenvalue weighted by Gasteiger charge is -2.41. The van der Waals surface area contributed by atoms with Crippen molar-refractivity contribution in [2.24, 2.45) is 5.92 Å². The van der Waals surface area contributed by atoms with E-state index in [4.69, 9.17) is 9.16 Å². The summed E-state index contributed by atoms with van der Waals surface area (Å²) in [6, 6.07) is 7.66. The van der Waals surface area contributed by atoms with Gasteiger partial charge in [0.05, 0.1) is 11.6 Å². The fourth-order valence-corrected chi connectivity index (χ4v) is 5.14. The molecule has 0 bridgehead atoms. The number of fused-ring (bicyclic) bond motifs is 1. The summed E-state index contributed by atoms with van der Waals surface area (Å²) < 4.78 is 13.1. The van der Waals surface area contributed by atoms with E-state index < -0.39 is 32.7 Å². The minimum atomic E-state index is -2.48. The normalized spacial score (nSPS) is 21.9. The first-order valence-electron chi connectivity index (χ1n) is 7.76. The predicted molar refractivity (Wildman–Crippen MR) is 88.1 cm³/mol. The van der Waals surface area contributed by atoms with Crippen LogP contribution in [0.15, 0.2) is 24.3 Å². The first-order valence-corrected chi connectivity index (χ1v) is 10.6. The van der Waals surface area contributed by atoms with Crippen LogP contribution < -0.4 is 5.32 Å². The Labute approximate surface area is 140 Å². The second-order valence-corrected chi connectivity index (χ2v) is 9.88. The van der Waals surface area contributed by atoms with Crippen LogP contribution in [0.3, 0.4) is 0 Å². The van der Waals surface area contributed by atoms with E-state index in [0.717, 1.165) is 11.0 Å². The molecule has 8 nitrogen and oxygen atoms in total. The number of hydrogen-bond acceptors (Lipinski definition) is 6. The molecule has 1 aliphatic rings. The van der Waals surface area contributed by atoms with Crippen LogP contribution in [0.4, 0.5) is 0 Å². The van der Waals surface area contributed by atoms with Gasteiger partial charge in [0.25, 0.3) is 0 Å². The molecule has 2 aromatic rings. The molecule has 3 atom stereocenters. The lowest BCUT2D eigenvalue weighted by Crippen LogP contribution is -2.65. The zero-order valence-electron chi connectivity index (χ0n) is 14.0. The summed E-state index contributed by atoms with van der Waals surface area (Å²) in [5.74, 6) is -1.13. The van der Waals surface area contributed by atoms with Gasteiger partial charge in [-0.1, -0.05) is 17.3 Å². The van der Waals surface area contributed by atoms with Crippen LogP contribution in [0.25, 0.3) is 11.0 Å². The number of β-lactam (4-membered cyclic amide) rings is 1. The third-order valence-electron chi connectivity index (χ3n) is 4.05. The highest BCUT2D eigenvalue weighted by Crippen LogP contribution is 2.26. The van der Waals surface area contributed by atoms with Crippen molar-refractivity contribution in [3.05, 3.63) is 24.3 Å². The van der Waals surface area contributed by atoms with E-state index in [1.807, 2.05) is 48.6 Å². The lowest BCUT2D eigenvalue weighted by molar-refractivity contribution is -0.173. The molecule has 1 saturated heterocycles. The summed E-state index contributed by atoms with van der Waals surface area (Å²) in [4.78, 5) is 23.0. The van der Waals surface area contributed by atoms with E-state index in [0.29, 0.717) is 0 Å². The second kappa shape index (κ2) is 5.99. The Balaban J connectivity index is 1.78. The smallest absolute Gasteiger partial charge is 0.319 e. The number of nitrogens with one attached hydrogen (secondary N) is 1. The topological polar surface area (TPSA) is 95.3 Å². The minimum absolute atomic E-state index is 0.179. The molecule has 0 unspecified atom stereocenters. The Morgan fingerprint density at radius 2 is 2.08 bits per heavy atom. The highest BCUT2D eigenvalue weighted by atomic mass is 28.4. The van der Waals surface area contributed by atoms with E-state index in [2.05, 4.69) is 15.6 Å². The maximum absolute atomic E-state index is 11.8. The van der Waals surface area contributed by atoms with E-state index >= 15 is 0 Å². The molecule has 1 aromatic carbocycles. The van der Waals surface area contributed by atoms with Gasteiger partial charge in [-0.05, 0) is 32.2 Å². The second-order valence-electron chi connectivity index (χ2n) is 6.32. The van der Waals surface area contributed by atoms with Crippen molar-refractivity contribution < 1.29 is 18.8 Å². The van der Waals surface area contributed by atoms with Gasteiger partial charge in [0, 0.05) is 6.92 Å². The van der Waals surface area contributed by atoms with Gasteiger partial charge in [-0.25, -0.2) is 4.35 Å². The fourth-order valence-electron chi connectivity index (χ4n) is 2.95. The van der Waals surface area contributed by atoms with Gasteiger partial charge in [0.2, 0.25) is 5.91 Å². The molecule has 0 aliphatic carbocycles. The molecule has 0 radical (unpaired) electrons. The fraction of sp³-hybridized carbons (Fsp3) is 0.467. The molecule has 0 saturated carbocycles. The average molecular weight is 348 g/mol. The number of ether oxygens (including phenoxy) is 1. The molecule has 1 aliphatic heterocycles. The first-order chi connectivity index (χ1) is 11.3. The molecule has 24 heavy (non-hydrogen) atoms. The quantitative estimate of drug-likeness (QED) is 0.492. The van der Waals surface area contributed by atoms with Crippen molar-refractivity contribution in [2.45, 2.75) is 39.3 Å². The van der Waals surface area contributed by atoms with Crippen LogP contribution in [0, 0.1) is 5.92 Å². The standard InChI is InChI=1S/C15H20N4O4Si/c1-9(13-14(21)16-15(13)22-10(2)20)23-24(3,4)19-12-8-6-5-7-11(12)17-18-19/h5-9,13,15H,1-4H3,(H,16,21)/t9-,13+,15-/m1/s1. The number of nitrogens with zero attached hydrogens (tertiary/aromatic N) is 3. The summed E-state index contributed by atoms with van der Waals surface area (Å²) >= 11 is 0.